The van der Waals surface area contributed by atoms with Crippen LogP contribution in [0.4, 0.5) is 0 Å². The lowest BCUT2D eigenvalue weighted by molar-refractivity contribution is 0.114. The first-order valence-corrected chi connectivity index (χ1v) is 11.6. The SMILES string of the molecule is COc1ccc(-c2ccc(=O)n(-c3c(C)noc3C)n2)cc1S(=O)(=O)NCC1CCCO1. The molecule has 0 radical (unpaired) electrons. The summed E-state index contributed by atoms with van der Waals surface area (Å²) < 4.78 is 45.7. The number of nitrogens with one attached hydrogen (secondary N) is 1. The topological polar surface area (TPSA) is 126 Å². The molecule has 0 saturated carbocycles. The molecule has 1 aliphatic rings. The number of hydrogen-bond acceptors (Lipinski definition) is 8. The average Bonchev–Trinajstić information content (AvgIpc) is 3.42. The molecule has 32 heavy (non-hydrogen) atoms. The van der Waals surface area contributed by atoms with Crippen molar-refractivity contribution >= 4 is 10.0 Å². The van der Waals surface area contributed by atoms with Crippen LogP contribution in [0.5, 0.6) is 5.75 Å². The van der Waals surface area contributed by atoms with Crippen LogP contribution in [0.15, 0.2) is 44.5 Å². The van der Waals surface area contributed by atoms with Crippen molar-refractivity contribution in [3.63, 3.8) is 0 Å². The average molecular weight is 461 g/mol. The molecule has 0 bridgehead atoms. The van der Waals surface area contributed by atoms with E-state index in [1.165, 1.54) is 30.0 Å². The van der Waals surface area contributed by atoms with Crippen LogP contribution in [-0.4, -0.2) is 49.7 Å². The van der Waals surface area contributed by atoms with Crippen molar-refractivity contribution in [1.29, 1.82) is 0 Å². The van der Waals surface area contributed by atoms with E-state index >= 15 is 0 Å². The number of ether oxygens (including phenoxy) is 2. The van der Waals surface area contributed by atoms with Gasteiger partial charge in [-0.15, -0.1) is 0 Å². The van der Waals surface area contributed by atoms with Gasteiger partial charge in [0, 0.05) is 24.8 Å². The smallest absolute Gasteiger partial charge is 0.271 e. The molecule has 3 aromatic rings. The van der Waals surface area contributed by atoms with Crippen LogP contribution in [0.2, 0.25) is 0 Å². The molecule has 1 fully saturated rings. The maximum Gasteiger partial charge on any atom is 0.271 e. The van der Waals surface area contributed by atoms with Gasteiger partial charge in [-0.3, -0.25) is 4.79 Å². The van der Waals surface area contributed by atoms with E-state index in [0.717, 1.165) is 12.8 Å². The van der Waals surface area contributed by atoms with Gasteiger partial charge in [-0.1, -0.05) is 5.16 Å². The van der Waals surface area contributed by atoms with Gasteiger partial charge < -0.3 is 14.0 Å². The minimum absolute atomic E-state index is 0.0209. The van der Waals surface area contributed by atoms with Gasteiger partial charge in [0.1, 0.15) is 22.0 Å². The Labute approximate surface area is 185 Å². The number of aromatic nitrogens is 3. The molecular weight excluding hydrogens is 436 g/mol. The quantitative estimate of drug-likeness (QED) is 0.567. The molecule has 1 unspecified atom stereocenters. The number of nitrogens with zero attached hydrogens (tertiary/aromatic N) is 3. The molecule has 0 spiro atoms. The second-order valence-electron chi connectivity index (χ2n) is 7.49. The number of hydrogen-bond donors (Lipinski definition) is 1. The predicted octanol–water partition coefficient (Wildman–Crippen LogP) is 1.97. The Bertz CT molecular complexity index is 1270. The Morgan fingerprint density at radius 1 is 1.25 bits per heavy atom. The third-order valence-electron chi connectivity index (χ3n) is 5.28. The summed E-state index contributed by atoms with van der Waals surface area (Å²) in [5, 5.41) is 8.29. The zero-order chi connectivity index (χ0) is 22.9. The lowest BCUT2D eigenvalue weighted by atomic mass is 10.1. The maximum atomic E-state index is 13.0. The van der Waals surface area contributed by atoms with E-state index in [1.54, 1.807) is 26.0 Å². The fraction of sp³-hybridized carbons (Fsp3) is 0.381. The minimum atomic E-state index is -3.87. The predicted molar refractivity (Wildman–Crippen MR) is 116 cm³/mol. The third kappa shape index (κ3) is 4.31. The van der Waals surface area contributed by atoms with Gasteiger partial charge in [0.2, 0.25) is 10.0 Å². The summed E-state index contributed by atoms with van der Waals surface area (Å²) >= 11 is 0. The fourth-order valence-electron chi connectivity index (χ4n) is 3.64. The standard InChI is InChI=1S/C21H24N4O6S/c1-13-21(14(2)31-24-13)25-20(26)9-7-17(23-25)15-6-8-18(29-3)19(11-15)32(27,28)22-12-16-5-4-10-30-16/h6-9,11,16,22H,4-5,10,12H2,1-3H3. The van der Waals surface area contributed by atoms with Gasteiger partial charge in [0.15, 0.2) is 5.76 Å². The van der Waals surface area contributed by atoms with Gasteiger partial charge in [-0.05, 0) is 51.0 Å². The summed E-state index contributed by atoms with van der Waals surface area (Å²) in [4.78, 5) is 12.4. The first kappa shape index (κ1) is 22.2. The Morgan fingerprint density at radius 3 is 2.72 bits per heavy atom. The van der Waals surface area contributed by atoms with Crippen LogP contribution in [0, 0.1) is 13.8 Å². The first-order valence-electron chi connectivity index (χ1n) is 10.1. The monoisotopic (exact) mass is 460 g/mol. The van der Waals surface area contributed by atoms with Crippen molar-refractivity contribution in [2.45, 2.75) is 37.7 Å². The van der Waals surface area contributed by atoms with Gasteiger partial charge in [0.05, 0.1) is 18.9 Å². The summed E-state index contributed by atoms with van der Waals surface area (Å²) in [6.07, 6.45) is 1.59. The van der Waals surface area contributed by atoms with E-state index < -0.39 is 10.0 Å². The normalized spacial score (nSPS) is 16.4. The van der Waals surface area contributed by atoms with Crippen LogP contribution in [0.3, 0.4) is 0 Å². The number of rotatable bonds is 7. The second-order valence-corrected chi connectivity index (χ2v) is 9.23. The van der Waals surface area contributed by atoms with Crippen LogP contribution in [0.25, 0.3) is 16.9 Å². The van der Waals surface area contributed by atoms with Crippen LogP contribution in [-0.2, 0) is 14.8 Å². The molecule has 0 aliphatic carbocycles. The van der Waals surface area contributed by atoms with Crippen molar-refractivity contribution in [2.75, 3.05) is 20.3 Å². The van der Waals surface area contributed by atoms with Gasteiger partial charge in [-0.25, -0.2) is 13.1 Å². The molecule has 2 aromatic heterocycles. The molecule has 1 N–H and O–H groups in total. The third-order valence-corrected chi connectivity index (χ3v) is 6.73. The highest BCUT2D eigenvalue weighted by Gasteiger charge is 2.24. The number of benzene rings is 1. The highest BCUT2D eigenvalue weighted by atomic mass is 32.2. The lowest BCUT2D eigenvalue weighted by Gasteiger charge is -2.15. The second kappa shape index (κ2) is 8.85. The molecule has 4 rings (SSSR count). The van der Waals surface area contributed by atoms with Crippen LogP contribution >= 0.6 is 0 Å². The Morgan fingerprint density at radius 2 is 2.06 bits per heavy atom. The van der Waals surface area contributed by atoms with E-state index in [9.17, 15) is 13.2 Å². The molecular formula is C21H24N4O6S. The molecule has 11 heteroatoms. The first-order chi connectivity index (χ1) is 15.3. The summed E-state index contributed by atoms with van der Waals surface area (Å²) in [5.41, 5.74) is 1.52. The Balaban J connectivity index is 1.72. The van der Waals surface area contributed by atoms with Crippen LogP contribution < -0.4 is 15.0 Å². The van der Waals surface area contributed by atoms with Gasteiger partial charge in [-0.2, -0.15) is 9.78 Å². The number of aryl methyl sites for hydroxylation is 2. The molecule has 1 atom stereocenters. The van der Waals surface area contributed by atoms with Gasteiger partial charge >= 0.3 is 0 Å². The van der Waals surface area contributed by atoms with Crippen molar-refractivity contribution in [1.82, 2.24) is 19.7 Å². The largest absolute Gasteiger partial charge is 0.495 e. The fourth-order valence-corrected chi connectivity index (χ4v) is 4.90. The lowest BCUT2D eigenvalue weighted by Crippen LogP contribution is -2.32. The summed E-state index contributed by atoms with van der Waals surface area (Å²) in [5.74, 6) is 0.651. The van der Waals surface area contributed by atoms with Crippen molar-refractivity contribution in [3.8, 4) is 22.7 Å². The zero-order valence-corrected chi connectivity index (χ0v) is 18.8. The van der Waals surface area contributed by atoms with E-state index in [2.05, 4.69) is 15.0 Å². The van der Waals surface area contributed by atoms with Crippen LogP contribution in [0.1, 0.15) is 24.3 Å². The Kier molecular flexibility index (Phi) is 6.13. The summed E-state index contributed by atoms with van der Waals surface area (Å²) in [6.45, 7) is 4.22. The molecule has 1 saturated heterocycles. The summed E-state index contributed by atoms with van der Waals surface area (Å²) in [6, 6.07) is 7.61. The van der Waals surface area contributed by atoms with Gasteiger partial charge in [0.25, 0.3) is 5.56 Å². The van der Waals surface area contributed by atoms with Crippen molar-refractivity contribution in [3.05, 3.63) is 52.1 Å². The van der Waals surface area contributed by atoms with E-state index in [-0.39, 0.29) is 28.9 Å². The molecule has 1 aliphatic heterocycles. The minimum Gasteiger partial charge on any atom is -0.495 e. The highest BCUT2D eigenvalue weighted by Crippen LogP contribution is 2.29. The Hall–Kier alpha value is -3.02. The van der Waals surface area contributed by atoms with E-state index in [4.69, 9.17) is 14.0 Å². The van der Waals surface area contributed by atoms with E-state index in [1.807, 2.05) is 0 Å². The maximum absolute atomic E-state index is 13.0. The molecule has 3 heterocycles. The van der Waals surface area contributed by atoms with Crippen molar-refractivity contribution < 1.29 is 22.4 Å². The van der Waals surface area contributed by atoms with E-state index in [0.29, 0.717) is 35.0 Å². The number of sulfonamides is 1. The zero-order valence-electron chi connectivity index (χ0n) is 18.0. The van der Waals surface area contributed by atoms with Crippen molar-refractivity contribution in [2.24, 2.45) is 0 Å². The molecule has 0 amide bonds. The number of methoxy groups -OCH3 is 1. The molecule has 170 valence electrons. The molecule has 10 nitrogen and oxygen atoms in total. The molecule has 1 aromatic carbocycles. The highest BCUT2D eigenvalue weighted by molar-refractivity contribution is 7.89. The summed E-state index contributed by atoms with van der Waals surface area (Å²) in [7, 11) is -2.47.